The average molecular weight is 427 g/mol. The Hall–Kier alpha value is -3.02. The minimum absolute atomic E-state index is 0.133. The van der Waals surface area contributed by atoms with Gasteiger partial charge in [-0.1, -0.05) is 31.5 Å². The van der Waals surface area contributed by atoms with Crippen LogP contribution in [-0.4, -0.2) is 43.0 Å². The Morgan fingerprint density at radius 2 is 1.68 bits per heavy atom. The summed E-state index contributed by atoms with van der Waals surface area (Å²) in [4.78, 5) is 27.3. The molecule has 1 atom stereocenters. The molecule has 0 aliphatic heterocycles. The number of ether oxygens (including phenoxy) is 2. The lowest BCUT2D eigenvalue weighted by Crippen LogP contribution is -2.49. The molecule has 0 heterocycles. The van der Waals surface area contributed by atoms with Crippen molar-refractivity contribution in [1.82, 2.24) is 10.2 Å². The molecule has 31 heavy (non-hydrogen) atoms. The Labute approximate surface area is 185 Å². The molecule has 6 heteroatoms. The maximum atomic E-state index is 13.1. The lowest BCUT2D eigenvalue weighted by molar-refractivity contribution is -0.142. The molecule has 1 N–H and O–H groups in total. The maximum absolute atomic E-state index is 13.1. The number of hydrogen-bond donors (Lipinski definition) is 1. The van der Waals surface area contributed by atoms with Gasteiger partial charge in [-0.15, -0.1) is 0 Å². The van der Waals surface area contributed by atoms with Gasteiger partial charge in [0.1, 0.15) is 17.5 Å². The molecule has 0 saturated heterocycles. The van der Waals surface area contributed by atoms with Crippen LogP contribution in [0.5, 0.6) is 11.5 Å². The van der Waals surface area contributed by atoms with Crippen molar-refractivity contribution in [3.05, 3.63) is 59.2 Å². The predicted molar refractivity (Wildman–Crippen MR) is 122 cm³/mol. The second-order valence-corrected chi connectivity index (χ2v) is 7.80. The number of amides is 2. The second-order valence-electron chi connectivity index (χ2n) is 7.80. The van der Waals surface area contributed by atoms with Gasteiger partial charge >= 0.3 is 0 Å². The third kappa shape index (κ3) is 7.63. The highest BCUT2D eigenvalue weighted by molar-refractivity contribution is 5.87. The van der Waals surface area contributed by atoms with E-state index in [0.29, 0.717) is 18.8 Å². The SMILES string of the molecule is CCCCNC(=O)[C@H](C)N(Cc1ccc(OC)cc1)C(=O)COc1cc(C)cc(C)c1. The summed E-state index contributed by atoms with van der Waals surface area (Å²) in [6.45, 7) is 8.57. The number of benzene rings is 2. The Bertz CT molecular complexity index is 844. The van der Waals surface area contributed by atoms with E-state index < -0.39 is 6.04 Å². The van der Waals surface area contributed by atoms with Gasteiger partial charge in [0.15, 0.2) is 6.61 Å². The van der Waals surface area contributed by atoms with E-state index in [-0.39, 0.29) is 18.4 Å². The molecule has 0 fully saturated rings. The highest BCUT2D eigenvalue weighted by Gasteiger charge is 2.26. The molecule has 2 aromatic rings. The molecular formula is C25H34N2O4. The molecule has 0 radical (unpaired) electrons. The quantitative estimate of drug-likeness (QED) is 0.551. The van der Waals surface area contributed by atoms with E-state index in [2.05, 4.69) is 12.2 Å². The molecule has 2 amide bonds. The maximum Gasteiger partial charge on any atom is 0.261 e. The van der Waals surface area contributed by atoms with Crippen LogP contribution in [0.15, 0.2) is 42.5 Å². The summed E-state index contributed by atoms with van der Waals surface area (Å²) < 4.78 is 11.0. The van der Waals surface area contributed by atoms with Gasteiger partial charge in [-0.05, 0) is 68.1 Å². The average Bonchev–Trinajstić information content (AvgIpc) is 2.75. The molecule has 2 rings (SSSR count). The van der Waals surface area contributed by atoms with Crippen LogP contribution in [0.25, 0.3) is 0 Å². The van der Waals surface area contributed by atoms with Gasteiger partial charge in [-0.25, -0.2) is 0 Å². The fourth-order valence-electron chi connectivity index (χ4n) is 3.29. The van der Waals surface area contributed by atoms with Gasteiger partial charge in [0, 0.05) is 13.1 Å². The van der Waals surface area contributed by atoms with E-state index in [1.54, 1.807) is 18.9 Å². The molecule has 168 valence electrons. The molecule has 0 aliphatic carbocycles. The van der Waals surface area contributed by atoms with Crippen molar-refractivity contribution >= 4 is 11.8 Å². The Balaban J connectivity index is 2.13. The number of methoxy groups -OCH3 is 1. The summed E-state index contributed by atoms with van der Waals surface area (Å²) in [5.74, 6) is 0.982. The topological polar surface area (TPSA) is 67.9 Å². The fourth-order valence-corrected chi connectivity index (χ4v) is 3.29. The Morgan fingerprint density at radius 3 is 2.26 bits per heavy atom. The van der Waals surface area contributed by atoms with E-state index in [4.69, 9.17) is 9.47 Å². The number of carbonyl (C=O) groups excluding carboxylic acids is 2. The van der Waals surface area contributed by atoms with Gasteiger partial charge in [0.25, 0.3) is 5.91 Å². The van der Waals surface area contributed by atoms with Crippen LogP contribution in [0.2, 0.25) is 0 Å². The lowest BCUT2D eigenvalue weighted by Gasteiger charge is -2.29. The van der Waals surface area contributed by atoms with Crippen LogP contribution in [0.4, 0.5) is 0 Å². The van der Waals surface area contributed by atoms with Crippen molar-refractivity contribution in [3.63, 3.8) is 0 Å². The normalized spacial score (nSPS) is 11.5. The van der Waals surface area contributed by atoms with Gasteiger partial charge in [-0.2, -0.15) is 0 Å². The molecule has 6 nitrogen and oxygen atoms in total. The minimum Gasteiger partial charge on any atom is -0.497 e. The number of nitrogens with zero attached hydrogens (tertiary/aromatic N) is 1. The summed E-state index contributed by atoms with van der Waals surface area (Å²) in [5, 5.41) is 2.92. The smallest absolute Gasteiger partial charge is 0.261 e. The summed E-state index contributed by atoms with van der Waals surface area (Å²) in [7, 11) is 1.61. The monoisotopic (exact) mass is 426 g/mol. The Morgan fingerprint density at radius 1 is 1.03 bits per heavy atom. The summed E-state index contributed by atoms with van der Waals surface area (Å²) in [6, 6.07) is 12.7. The van der Waals surface area contributed by atoms with Crippen LogP contribution in [0, 0.1) is 13.8 Å². The van der Waals surface area contributed by atoms with E-state index >= 15 is 0 Å². The van der Waals surface area contributed by atoms with Crippen molar-refractivity contribution < 1.29 is 19.1 Å². The fraction of sp³-hybridized carbons (Fsp3) is 0.440. The van der Waals surface area contributed by atoms with Gasteiger partial charge in [-0.3, -0.25) is 9.59 Å². The van der Waals surface area contributed by atoms with Crippen molar-refractivity contribution in [2.75, 3.05) is 20.3 Å². The number of unbranched alkanes of at least 4 members (excludes halogenated alkanes) is 1. The number of rotatable bonds is 11. The summed E-state index contributed by atoms with van der Waals surface area (Å²) in [5.41, 5.74) is 3.05. The van der Waals surface area contributed by atoms with Gasteiger partial charge < -0.3 is 19.7 Å². The van der Waals surface area contributed by atoms with E-state index in [0.717, 1.165) is 35.3 Å². The van der Waals surface area contributed by atoms with Crippen molar-refractivity contribution in [3.8, 4) is 11.5 Å². The second kappa shape index (κ2) is 12.0. The summed E-state index contributed by atoms with van der Waals surface area (Å²) in [6.07, 6.45) is 1.90. The molecule has 0 saturated carbocycles. The third-order valence-electron chi connectivity index (χ3n) is 5.07. The number of aryl methyl sites for hydroxylation is 2. The van der Waals surface area contributed by atoms with Crippen molar-refractivity contribution in [2.24, 2.45) is 0 Å². The first-order valence-corrected chi connectivity index (χ1v) is 10.7. The summed E-state index contributed by atoms with van der Waals surface area (Å²) >= 11 is 0. The largest absolute Gasteiger partial charge is 0.497 e. The van der Waals surface area contributed by atoms with E-state index in [1.807, 2.05) is 56.3 Å². The van der Waals surface area contributed by atoms with Crippen molar-refractivity contribution in [2.45, 2.75) is 53.1 Å². The minimum atomic E-state index is -0.616. The molecule has 0 unspecified atom stereocenters. The lowest BCUT2D eigenvalue weighted by atomic mass is 10.1. The van der Waals surface area contributed by atoms with Crippen LogP contribution in [0.3, 0.4) is 0 Å². The van der Waals surface area contributed by atoms with Gasteiger partial charge in [0.2, 0.25) is 5.91 Å². The molecule has 0 bridgehead atoms. The molecular weight excluding hydrogens is 392 g/mol. The number of nitrogens with one attached hydrogen (secondary N) is 1. The predicted octanol–water partition coefficient (Wildman–Crippen LogP) is 4.02. The number of hydrogen-bond acceptors (Lipinski definition) is 4. The zero-order valence-electron chi connectivity index (χ0n) is 19.2. The van der Waals surface area contributed by atoms with E-state index in [9.17, 15) is 9.59 Å². The standard InChI is InChI=1S/C25H34N2O4/c1-6-7-12-26-25(29)20(4)27(16-21-8-10-22(30-5)11-9-21)24(28)17-31-23-14-18(2)13-19(3)15-23/h8-11,13-15,20H,6-7,12,16-17H2,1-5H3,(H,26,29)/t20-/m0/s1. The first-order chi connectivity index (χ1) is 14.8. The highest BCUT2D eigenvalue weighted by atomic mass is 16.5. The zero-order valence-corrected chi connectivity index (χ0v) is 19.2. The molecule has 0 aromatic heterocycles. The zero-order chi connectivity index (χ0) is 22.8. The van der Waals surface area contributed by atoms with Crippen LogP contribution in [0.1, 0.15) is 43.4 Å². The molecule has 2 aromatic carbocycles. The van der Waals surface area contributed by atoms with Crippen LogP contribution >= 0.6 is 0 Å². The van der Waals surface area contributed by atoms with E-state index in [1.165, 1.54) is 0 Å². The number of carbonyl (C=O) groups is 2. The first kappa shape index (κ1) is 24.3. The molecule has 0 spiro atoms. The highest BCUT2D eigenvalue weighted by Crippen LogP contribution is 2.18. The third-order valence-corrected chi connectivity index (χ3v) is 5.07. The molecule has 0 aliphatic rings. The van der Waals surface area contributed by atoms with Gasteiger partial charge in [0.05, 0.1) is 7.11 Å². The van der Waals surface area contributed by atoms with Crippen LogP contribution < -0.4 is 14.8 Å². The van der Waals surface area contributed by atoms with Crippen LogP contribution in [-0.2, 0) is 16.1 Å². The van der Waals surface area contributed by atoms with Crippen molar-refractivity contribution in [1.29, 1.82) is 0 Å². The Kier molecular flexibility index (Phi) is 9.38. The first-order valence-electron chi connectivity index (χ1n) is 10.7.